The Hall–Kier alpha value is -4.86. The number of rotatable bonds is 11. The van der Waals surface area contributed by atoms with E-state index in [4.69, 9.17) is 29.0 Å². The Morgan fingerprint density at radius 2 is 1.41 bits per heavy atom. The van der Waals surface area contributed by atoms with Gasteiger partial charge in [0.25, 0.3) is 5.91 Å². The molecule has 2 aliphatic rings. The van der Waals surface area contributed by atoms with E-state index in [-0.39, 0.29) is 5.91 Å². The standard InChI is InChI=1S/C32H35N7O7/c1-21-3-5-23(6-4-21)28-43-45-29(46-44-28)24-9-7-22(8-10-24)27(40)33-15-16-34-30-36-31(35-25-11-13-26(41-2)14-12-25)38-32(37-30)39-17-19-42-20-18-39/h3-14,28-29H,15-20H2,1-2H3,(H,33,40)(H2,34,35,36,37,38). The fourth-order valence-electron chi connectivity index (χ4n) is 4.63. The number of anilines is 4. The van der Waals surface area contributed by atoms with Crippen LogP contribution in [0.3, 0.4) is 0 Å². The van der Waals surface area contributed by atoms with Gasteiger partial charge in [0.1, 0.15) is 5.75 Å². The van der Waals surface area contributed by atoms with Crippen LogP contribution in [0.15, 0.2) is 72.8 Å². The third kappa shape index (κ3) is 8.04. The predicted molar refractivity (Wildman–Crippen MR) is 167 cm³/mol. The first kappa shape index (κ1) is 31.1. The molecule has 14 heteroatoms. The third-order valence-corrected chi connectivity index (χ3v) is 7.21. The highest BCUT2D eigenvalue weighted by Crippen LogP contribution is 2.32. The van der Waals surface area contributed by atoms with Crippen molar-refractivity contribution < 1.29 is 33.8 Å². The molecule has 0 saturated carbocycles. The Morgan fingerprint density at radius 1 is 0.804 bits per heavy atom. The van der Waals surface area contributed by atoms with Gasteiger partial charge in [0.05, 0.1) is 20.3 Å². The molecule has 0 unspecified atom stereocenters. The van der Waals surface area contributed by atoms with Crippen LogP contribution in [0.4, 0.5) is 23.5 Å². The molecular weight excluding hydrogens is 594 g/mol. The van der Waals surface area contributed by atoms with E-state index in [2.05, 4.69) is 30.9 Å². The molecular formula is C32H35N7O7. The summed E-state index contributed by atoms with van der Waals surface area (Å²) in [5.74, 6) is 1.82. The SMILES string of the molecule is COc1ccc(Nc2nc(NCCNC(=O)c3ccc(C4OOC(c5ccc(C)cc5)OO4)cc3)nc(N3CCOCC3)n2)cc1. The van der Waals surface area contributed by atoms with Crippen LogP contribution < -0.4 is 25.6 Å². The number of ether oxygens (including phenoxy) is 2. The summed E-state index contributed by atoms with van der Waals surface area (Å²) >= 11 is 0. The number of carbonyl (C=O) groups is 1. The molecule has 1 aromatic heterocycles. The molecule has 0 spiro atoms. The van der Waals surface area contributed by atoms with Gasteiger partial charge in [-0.25, -0.2) is 0 Å². The van der Waals surface area contributed by atoms with Crippen molar-refractivity contribution in [1.29, 1.82) is 0 Å². The molecule has 0 aliphatic carbocycles. The maximum Gasteiger partial charge on any atom is 0.251 e. The van der Waals surface area contributed by atoms with Crippen LogP contribution in [0.5, 0.6) is 5.75 Å². The lowest BCUT2D eigenvalue weighted by atomic mass is 10.1. The van der Waals surface area contributed by atoms with E-state index < -0.39 is 12.6 Å². The molecule has 3 aromatic carbocycles. The molecule has 6 rings (SSSR count). The predicted octanol–water partition coefficient (Wildman–Crippen LogP) is 4.22. The average Bonchev–Trinajstić information content (AvgIpc) is 3.11. The number of amides is 1. The molecule has 4 aromatic rings. The normalized spacial score (nSPS) is 18.1. The van der Waals surface area contributed by atoms with Crippen molar-refractivity contribution in [3.05, 3.63) is 95.1 Å². The molecule has 0 atom stereocenters. The number of hydrogen-bond donors (Lipinski definition) is 3. The third-order valence-electron chi connectivity index (χ3n) is 7.21. The summed E-state index contributed by atoms with van der Waals surface area (Å²) in [6.07, 6.45) is -1.69. The fraction of sp³-hybridized carbons (Fsp3) is 0.312. The highest BCUT2D eigenvalue weighted by molar-refractivity contribution is 5.94. The number of aromatic nitrogens is 3. The highest BCUT2D eigenvalue weighted by Gasteiger charge is 2.28. The Labute approximate surface area is 265 Å². The zero-order valence-electron chi connectivity index (χ0n) is 25.5. The van der Waals surface area contributed by atoms with Crippen molar-refractivity contribution in [3.63, 3.8) is 0 Å². The maximum atomic E-state index is 12.8. The first-order valence-corrected chi connectivity index (χ1v) is 14.9. The summed E-state index contributed by atoms with van der Waals surface area (Å²) in [4.78, 5) is 50.1. The molecule has 3 heterocycles. The van der Waals surface area contributed by atoms with Gasteiger partial charge in [-0.3, -0.25) is 4.79 Å². The number of methoxy groups -OCH3 is 1. The van der Waals surface area contributed by atoms with Gasteiger partial charge in [-0.15, -0.1) is 0 Å². The Balaban J connectivity index is 1.00. The quantitative estimate of drug-likeness (QED) is 0.161. The van der Waals surface area contributed by atoms with Crippen LogP contribution in [-0.2, 0) is 24.3 Å². The van der Waals surface area contributed by atoms with Crippen molar-refractivity contribution in [2.45, 2.75) is 19.5 Å². The van der Waals surface area contributed by atoms with Gasteiger partial charge in [-0.05, 0) is 43.3 Å². The Bertz CT molecular complexity index is 1580. The van der Waals surface area contributed by atoms with E-state index in [0.29, 0.717) is 68.4 Å². The second-order valence-corrected chi connectivity index (χ2v) is 10.5. The number of hydrogen-bond acceptors (Lipinski definition) is 13. The topological polar surface area (TPSA) is 150 Å². The van der Waals surface area contributed by atoms with Gasteiger partial charge in [0, 0.05) is 48.6 Å². The summed E-state index contributed by atoms with van der Waals surface area (Å²) in [6.45, 7) is 5.25. The number of nitrogens with zero attached hydrogens (tertiary/aromatic N) is 4. The zero-order valence-corrected chi connectivity index (χ0v) is 25.5. The lowest BCUT2D eigenvalue weighted by molar-refractivity contribution is -0.600. The van der Waals surface area contributed by atoms with Crippen LogP contribution in [0.1, 0.15) is 39.6 Å². The molecule has 1 amide bonds. The lowest BCUT2D eigenvalue weighted by Gasteiger charge is -2.27. The summed E-state index contributed by atoms with van der Waals surface area (Å²) in [6, 6.07) is 21.9. The molecule has 46 heavy (non-hydrogen) atoms. The second-order valence-electron chi connectivity index (χ2n) is 10.5. The Kier molecular flexibility index (Phi) is 10.1. The van der Waals surface area contributed by atoms with E-state index >= 15 is 0 Å². The first-order chi connectivity index (χ1) is 22.5. The molecule has 2 saturated heterocycles. The van der Waals surface area contributed by atoms with Gasteiger partial charge in [0.15, 0.2) is 0 Å². The first-order valence-electron chi connectivity index (χ1n) is 14.9. The van der Waals surface area contributed by atoms with Gasteiger partial charge in [0.2, 0.25) is 30.4 Å². The fourth-order valence-corrected chi connectivity index (χ4v) is 4.63. The van der Waals surface area contributed by atoms with Crippen molar-refractivity contribution in [1.82, 2.24) is 20.3 Å². The molecule has 2 fully saturated rings. The maximum absolute atomic E-state index is 12.8. The molecule has 3 N–H and O–H groups in total. The number of nitrogens with one attached hydrogen (secondary N) is 3. The lowest BCUT2D eigenvalue weighted by Crippen LogP contribution is -2.37. The Morgan fingerprint density at radius 3 is 2.04 bits per heavy atom. The average molecular weight is 630 g/mol. The summed E-state index contributed by atoms with van der Waals surface area (Å²) < 4.78 is 10.7. The van der Waals surface area contributed by atoms with Crippen molar-refractivity contribution in [3.8, 4) is 5.75 Å². The van der Waals surface area contributed by atoms with E-state index in [1.807, 2.05) is 60.4 Å². The van der Waals surface area contributed by atoms with E-state index in [1.54, 1.807) is 31.4 Å². The largest absolute Gasteiger partial charge is 0.497 e. The number of morpholine rings is 1. The zero-order chi connectivity index (χ0) is 31.7. The molecule has 14 nitrogen and oxygen atoms in total. The minimum absolute atomic E-state index is 0.239. The molecule has 0 bridgehead atoms. The van der Waals surface area contributed by atoms with Crippen LogP contribution in [-0.4, -0.2) is 67.4 Å². The smallest absolute Gasteiger partial charge is 0.251 e. The summed E-state index contributed by atoms with van der Waals surface area (Å²) in [5.41, 5.74) is 3.79. The van der Waals surface area contributed by atoms with Crippen molar-refractivity contribution in [2.75, 3.05) is 62.0 Å². The van der Waals surface area contributed by atoms with Gasteiger partial charge < -0.3 is 30.3 Å². The minimum atomic E-state index is -0.894. The molecule has 240 valence electrons. The van der Waals surface area contributed by atoms with Gasteiger partial charge in [-0.2, -0.15) is 34.5 Å². The van der Waals surface area contributed by atoms with E-state index in [1.165, 1.54) is 0 Å². The molecule has 2 aliphatic heterocycles. The van der Waals surface area contributed by atoms with Crippen LogP contribution >= 0.6 is 0 Å². The number of carbonyl (C=O) groups excluding carboxylic acids is 1. The van der Waals surface area contributed by atoms with E-state index in [9.17, 15) is 4.79 Å². The number of aryl methyl sites for hydroxylation is 1. The highest BCUT2D eigenvalue weighted by atomic mass is 17.4. The van der Waals surface area contributed by atoms with Crippen LogP contribution in [0.25, 0.3) is 0 Å². The second kappa shape index (κ2) is 14.9. The van der Waals surface area contributed by atoms with Gasteiger partial charge in [-0.1, -0.05) is 42.0 Å². The minimum Gasteiger partial charge on any atom is -0.497 e. The van der Waals surface area contributed by atoms with E-state index in [0.717, 1.165) is 22.6 Å². The molecule has 0 radical (unpaired) electrons. The van der Waals surface area contributed by atoms with Crippen LogP contribution in [0, 0.1) is 6.92 Å². The monoisotopic (exact) mass is 629 g/mol. The van der Waals surface area contributed by atoms with Gasteiger partial charge >= 0.3 is 0 Å². The summed E-state index contributed by atoms with van der Waals surface area (Å²) in [7, 11) is 1.62. The van der Waals surface area contributed by atoms with Crippen LogP contribution in [0.2, 0.25) is 0 Å². The van der Waals surface area contributed by atoms with Crippen molar-refractivity contribution in [2.24, 2.45) is 0 Å². The summed E-state index contributed by atoms with van der Waals surface area (Å²) in [5, 5.41) is 9.32. The van der Waals surface area contributed by atoms with Crippen molar-refractivity contribution >= 4 is 29.4 Å². The number of benzene rings is 3.